The second kappa shape index (κ2) is 9.06. The molecule has 5 nitrogen and oxygen atoms in total. The van der Waals surface area contributed by atoms with Crippen LogP contribution in [0.4, 0.5) is 0 Å². The molecule has 1 N–H and O–H groups in total. The zero-order chi connectivity index (χ0) is 15.1. The highest BCUT2D eigenvalue weighted by Crippen LogP contribution is 2.19. The Kier molecular flexibility index (Phi) is 7.40. The third kappa shape index (κ3) is 6.61. The van der Waals surface area contributed by atoms with Crippen LogP contribution in [-0.2, 0) is 9.47 Å². The van der Waals surface area contributed by atoms with Crippen molar-refractivity contribution in [2.75, 3.05) is 59.1 Å². The van der Waals surface area contributed by atoms with E-state index in [0.29, 0.717) is 6.61 Å². The number of β-amino-alcohol motifs (C(OH)–C–C–N with tert-alkyl or cyclic N) is 1. The van der Waals surface area contributed by atoms with Crippen molar-refractivity contribution in [2.45, 2.75) is 38.9 Å². The molecule has 2 aliphatic heterocycles. The van der Waals surface area contributed by atoms with E-state index in [0.717, 1.165) is 51.9 Å². The Bertz CT molecular complexity index is 275. The molecule has 1 unspecified atom stereocenters. The maximum atomic E-state index is 9.99. The minimum absolute atomic E-state index is 0.193. The topological polar surface area (TPSA) is 45.2 Å². The molecule has 0 saturated carbocycles. The van der Waals surface area contributed by atoms with E-state index in [1.54, 1.807) is 0 Å². The second-order valence-corrected chi connectivity index (χ2v) is 6.69. The highest BCUT2D eigenvalue weighted by Gasteiger charge is 2.23. The first-order chi connectivity index (χ1) is 10.1. The summed E-state index contributed by atoms with van der Waals surface area (Å²) in [5.74, 6) is 0.809. The van der Waals surface area contributed by atoms with E-state index in [-0.39, 0.29) is 12.2 Å². The van der Waals surface area contributed by atoms with Crippen LogP contribution < -0.4 is 0 Å². The van der Waals surface area contributed by atoms with Crippen LogP contribution in [0.2, 0.25) is 0 Å². The van der Waals surface area contributed by atoms with E-state index in [2.05, 4.69) is 9.80 Å². The fourth-order valence-electron chi connectivity index (χ4n) is 3.15. The lowest BCUT2D eigenvalue weighted by Crippen LogP contribution is -2.44. The first-order valence-electron chi connectivity index (χ1n) is 8.45. The van der Waals surface area contributed by atoms with Crippen LogP contribution in [0.25, 0.3) is 0 Å². The fourth-order valence-corrected chi connectivity index (χ4v) is 3.15. The molecule has 0 amide bonds. The van der Waals surface area contributed by atoms with E-state index in [9.17, 15) is 5.11 Å². The molecule has 2 aliphatic rings. The van der Waals surface area contributed by atoms with Gasteiger partial charge in [0, 0.05) is 26.2 Å². The maximum absolute atomic E-state index is 9.99. The largest absolute Gasteiger partial charge is 0.389 e. The highest BCUT2D eigenvalue weighted by molar-refractivity contribution is 4.77. The summed E-state index contributed by atoms with van der Waals surface area (Å²) < 4.78 is 10.9. The molecule has 1 atom stereocenters. The summed E-state index contributed by atoms with van der Waals surface area (Å²) in [4.78, 5) is 4.92. The summed E-state index contributed by atoms with van der Waals surface area (Å²) >= 11 is 0. The van der Waals surface area contributed by atoms with Gasteiger partial charge in [0.05, 0.1) is 32.0 Å². The number of rotatable bonds is 7. The Morgan fingerprint density at radius 2 is 1.76 bits per heavy atom. The standard InChI is InChI=1S/C16H32N2O3/c1-14(2)21-13-16(19)12-17-5-3-15(4-6-17)11-18-7-9-20-10-8-18/h14-16,19H,3-13H2,1-2H3. The summed E-state index contributed by atoms with van der Waals surface area (Å²) in [7, 11) is 0. The number of hydrogen-bond donors (Lipinski definition) is 1. The number of morpholine rings is 1. The van der Waals surface area contributed by atoms with Gasteiger partial charge in [-0.3, -0.25) is 4.90 Å². The number of ether oxygens (including phenoxy) is 2. The second-order valence-electron chi connectivity index (χ2n) is 6.69. The van der Waals surface area contributed by atoms with Gasteiger partial charge >= 0.3 is 0 Å². The van der Waals surface area contributed by atoms with Crippen molar-refractivity contribution in [1.29, 1.82) is 0 Å². The molecular weight excluding hydrogens is 268 g/mol. The van der Waals surface area contributed by atoms with Crippen molar-refractivity contribution in [3.63, 3.8) is 0 Å². The molecule has 0 aromatic heterocycles. The zero-order valence-electron chi connectivity index (χ0n) is 13.7. The SMILES string of the molecule is CC(C)OCC(O)CN1CCC(CN2CCOCC2)CC1. The molecule has 0 bridgehead atoms. The molecule has 0 aromatic rings. The lowest BCUT2D eigenvalue weighted by atomic mass is 9.96. The number of likely N-dealkylation sites (tertiary alicyclic amines) is 1. The minimum atomic E-state index is -0.358. The Hall–Kier alpha value is -0.200. The maximum Gasteiger partial charge on any atom is 0.0900 e. The monoisotopic (exact) mass is 300 g/mol. The van der Waals surface area contributed by atoms with E-state index in [4.69, 9.17) is 9.47 Å². The Balaban J connectivity index is 1.59. The lowest BCUT2D eigenvalue weighted by Gasteiger charge is -2.36. The predicted octanol–water partition coefficient (Wildman–Crippen LogP) is 0.817. The molecule has 0 radical (unpaired) electrons. The number of aliphatic hydroxyl groups excluding tert-OH is 1. The summed E-state index contributed by atoms with van der Waals surface area (Å²) in [5, 5.41) is 9.99. The number of hydrogen-bond acceptors (Lipinski definition) is 5. The Morgan fingerprint density at radius 3 is 2.38 bits per heavy atom. The summed E-state index contributed by atoms with van der Waals surface area (Å²) in [6, 6.07) is 0. The molecule has 0 spiro atoms. The van der Waals surface area contributed by atoms with Crippen LogP contribution in [0.15, 0.2) is 0 Å². The number of nitrogens with zero attached hydrogens (tertiary/aromatic N) is 2. The van der Waals surface area contributed by atoms with Crippen LogP contribution in [-0.4, -0.2) is 86.2 Å². The lowest BCUT2D eigenvalue weighted by molar-refractivity contribution is -0.0148. The van der Waals surface area contributed by atoms with Crippen molar-refractivity contribution in [3.05, 3.63) is 0 Å². The average molecular weight is 300 g/mol. The van der Waals surface area contributed by atoms with Gasteiger partial charge in [0.2, 0.25) is 0 Å². The Morgan fingerprint density at radius 1 is 1.10 bits per heavy atom. The Labute approximate surface area is 129 Å². The average Bonchev–Trinajstić information content (AvgIpc) is 2.48. The molecule has 0 aromatic carbocycles. The smallest absolute Gasteiger partial charge is 0.0900 e. The van der Waals surface area contributed by atoms with Crippen LogP contribution in [0.3, 0.4) is 0 Å². The van der Waals surface area contributed by atoms with Gasteiger partial charge in [0.15, 0.2) is 0 Å². The first kappa shape index (κ1) is 17.2. The number of piperidine rings is 1. The van der Waals surface area contributed by atoms with Gasteiger partial charge in [-0.1, -0.05) is 0 Å². The van der Waals surface area contributed by atoms with Crippen LogP contribution >= 0.6 is 0 Å². The molecule has 2 saturated heterocycles. The molecule has 5 heteroatoms. The van der Waals surface area contributed by atoms with Crippen LogP contribution in [0.5, 0.6) is 0 Å². The molecular formula is C16H32N2O3. The molecule has 0 aliphatic carbocycles. The van der Waals surface area contributed by atoms with Crippen molar-refractivity contribution >= 4 is 0 Å². The summed E-state index contributed by atoms with van der Waals surface area (Å²) in [5.41, 5.74) is 0. The zero-order valence-corrected chi connectivity index (χ0v) is 13.7. The fraction of sp³-hybridized carbons (Fsp3) is 1.00. The van der Waals surface area contributed by atoms with Gasteiger partial charge in [-0.2, -0.15) is 0 Å². The molecule has 2 heterocycles. The van der Waals surface area contributed by atoms with Gasteiger partial charge in [0.1, 0.15) is 0 Å². The van der Waals surface area contributed by atoms with Gasteiger partial charge in [-0.05, 0) is 45.7 Å². The van der Waals surface area contributed by atoms with Crippen molar-refractivity contribution in [3.8, 4) is 0 Å². The molecule has 2 rings (SSSR count). The van der Waals surface area contributed by atoms with E-state index in [1.807, 2.05) is 13.8 Å². The van der Waals surface area contributed by atoms with Gasteiger partial charge in [-0.25, -0.2) is 0 Å². The third-order valence-corrected chi connectivity index (χ3v) is 4.42. The van der Waals surface area contributed by atoms with E-state index in [1.165, 1.54) is 19.4 Å². The molecule has 2 fully saturated rings. The summed E-state index contributed by atoms with van der Waals surface area (Å²) in [6.45, 7) is 12.6. The predicted molar refractivity (Wildman–Crippen MR) is 83.5 cm³/mol. The van der Waals surface area contributed by atoms with Gasteiger partial charge in [0.25, 0.3) is 0 Å². The highest BCUT2D eigenvalue weighted by atomic mass is 16.5. The quantitative estimate of drug-likeness (QED) is 0.754. The third-order valence-electron chi connectivity index (χ3n) is 4.42. The van der Waals surface area contributed by atoms with Gasteiger partial charge in [-0.15, -0.1) is 0 Å². The first-order valence-corrected chi connectivity index (χ1v) is 8.45. The summed E-state index contributed by atoms with van der Waals surface area (Å²) in [6.07, 6.45) is 2.33. The van der Waals surface area contributed by atoms with Crippen molar-refractivity contribution in [1.82, 2.24) is 9.80 Å². The van der Waals surface area contributed by atoms with Gasteiger partial charge < -0.3 is 19.5 Å². The number of aliphatic hydroxyl groups is 1. The van der Waals surface area contributed by atoms with E-state index >= 15 is 0 Å². The minimum Gasteiger partial charge on any atom is -0.389 e. The normalized spacial score (nSPS) is 24.6. The van der Waals surface area contributed by atoms with Crippen molar-refractivity contribution < 1.29 is 14.6 Å². The van der Waals surface area contributed by atoms with Crippen LogP contribution in [0.1, 0.15) is 26.7 Å². The van der Waals surface area contributed by atoms with E-state index < -0.39 is 0 Å². The molecule has 124 valence electrons. The van der Waals surface area contributed by atoms with Crippen molar-refractivity contribution in [2.24, 2.45) is 5.92 Å². The molecule has 21 heavy (non-hydrogen) atoms. The van der Waals surface area contributed by atoms with Crippen LogP contribution in [0, 0.1) is 5.92 Å².